The summed E-state index contributed by atoms with van der Waals surface area (Å²) in [6, 6.07) is 6.16. The van der Waals surface area contributed by atoms with Gasteiger partial charge in [-0.05, 0) is 49.9 Å². The molecule has 2 fully saturated rings. The van der Waals surface area contributed by atoms with Gasteiger partial charge in [-0.25, -0.2) is 0 Å². The van der Waals surface area contributed by atoms with Crippen LogP contribution in [0.2, 0.25) is 5.02 Å². The van der Waals surface area contributed by atoms with Crippen LogP contribution in [-0.4, -0.2) is 30.2 Å². The zero-order valence-corrected chi connectivity index (χ0v) is 15.5. The minimum absolute atomic E-state index is 0.0532. The van der Waals surface area contributed by atoms with Crippen molar-refractivity contribution in [1.82, 2.24) is 10.9 Å². The highest BCUT2D eigenvalue weighted by atomic mass is 35.5. The number of benzene rings is 1. The molecule has 0 radical (unpaired) electrons. The first kappa shape index (κ1) is 19.4. The summed E-state index contributed by atoms with van der Waals surface area (Å²) in [5.74, 6) is -1.78. The van der Waals surface area contributed by atoms with Gasteiger partial charge in [-0.2, -0.15) is 0 Å². The highest BCUT2D eigenvalue weighted by Gasteiger charge is 2.41. The molecule has 2 atom stereocenters. The van der Waals surface area contributed by atoms with Crippen molar-refractivity contribution in [3.05, 3.63) is 34.9 Å². The van der Waals surface area contributed by atoms with E-state index in [1.807, 2.05) is 0 Å². The first-order valence-corrected chi connectivity index (χ1v) is 9.37. The third-order valence-electron chi connectivity index (χ3n) is 5.15. The molecule has 1 aromatic carbocycles. The fraction of sp³-hybridized carbons (Fsp3) is 0.474. The third kappa shape index (κ3) is 4.86. The van der Waals surface area contributed by atoms with Crippen LogP contribution in [0.3, 0.4) is 0 Å². The fourth-order valence-corrected chi connectivity index (χ4v) is 3.89. The molecule has 1 aromatic rings. The van der Waals surface area contributed by atoms with Crippen LogP contribution in [-0.2, 0) is 19.1 Å². The number of carbonyl (C=O) groups excluding carboxylic acids is 4. The van der Waals surface area contributed by atoms with Gasteiger partial charge in [-0.3, -0.25) is 30.0 Å². The maximum absolute atomic E-state index is 12.2. The summed E-state index contributed by atoms with van der Waals surface area (Å²) in [5, 5.41) is 0.496. The third-order valence-corrected chi connectivity index (χ3v) is 5.40. The monoisotopic (exact) mass is 392 g/mol. The van der Waals surface area contributed by atoms with E-state index in [1.165, 1.54) is 12.1 Å². The molecule has 7 nitrogen and oxygen atoms in total. The van der Waals surface area contributed by atoms with Crippen LogP contribution in [0, 0.1) is 17.8 Å². The maximum Gasteiger partial charge on any atom is 0.309 e. The Labute approximate surface area is 161 Å². The first-order chi connectivity index (χ1) is 12.9. The molecule has 0 aliphatic heterocycles. The van der Waals surface area contributed by atoms with Crippen LogP contribution in [0.1, 0.15) is 42.5 Å². The van der Waals surface area contributed by atoms with Gasteiger partial charge < -0.3 is 4.74 Å². The number of hydrogen-bond donors (Lipinski definition) is 2. The Morgan fingerprint density at radius 3 is 2.30 bits per heavy atom. The van der Waals surface area contributed by atoms with Crippen molar-refractivity contribution in [3.63, 3.8) is 0 Å². The van der Waals surface area contributed by atoms with Crippen molar-refractivity contribution in [3.8, 4) is 0 Å². The van der Waals surface area contributed by atoms with Crippen molar-refractivity contribution in [2.45, 2.75) is 32.1 Å². The lowest BCUT2D eigenvalue weighted by Crippen LogP contribution is -2.44. The van der Waals surface area contributed by atoms with Crippen LogP contribution in [0.25, 0.3) is 0 Å². The van der Waals surface area contributed by atoms with Crippen LogP contribution < -0.4 is 10.9 Å². The average molecular weight is 393 g/mol. The lowest BCUT2D eigenvalue weighted by atomic mass is 9.67. The van der Waals surface area contributed by atoms with Crippen LogP contribution in [0.15, 0.2) is 24.3 Å². The summed E-state index contributed by atoms with van der Waals surface area (Å²) in [6.45, 7) is -0.487. The minimum atomic E-state index is -0.641. The minimum Gasteiger partial charge on any atom is -0.455 e. The summed E-state index contributed by atoms with van der Waals surface area (Å²) >= 11 is 5.75. The molecule has 2 bridgehead atoms. The Morgan fingerprint density at radius 1 is 1.04 bits per heavy atom. The highest BCUT2D eigenvalue weighted by Crippen LogP contribution is 2.40. The normalized spacial score (nSPS) is 24.0. The lowest BCUT2D eigenvalue weighted by molar-refractivity contribution is -0.156. The molecule has 0 aromatic heterocycles. The molecule has 2 amide bonds. The number of carbonyl (C=O) groups is 4. The standard InChI is InChI=1S/C19H21ClN2O5/c20-15-6-4-11(5-7-15)18(25)22-21-16(23)10-27-19(26)14-8-12-2-1-3-13(9-14)17(12)24/h4-7,12-14H,1-3,8-10H2,(H,21,23)(H,22,25)/t12-,13-/m1/s1. The van der Waals surface area contributed by atoms with E-state index in [9.17, 15) is 19.2 Å². The molecule has 0 saturated heterocycles. The average Bonchev–Trinajstić information content (AvgIpc) is 2.64. The number of Topliss-reactive ketones (excluding diaryl/α,β-unsaturated/α-hetero) is 1. The van der Waals surface area contributed by atoms with Crippen LogP contribution in [0.5, 0.6) is 0 Å². The van der Waals surface area contributed by atoms with E-state index in [1.54, 1.807) is 12.1 Å². The smallest absolute Gasteiger partial charge is 0.309 e. The lowest BCUT2D eigenvalue weighted by Gasteiger charge is -2.36. The summed E-state index contributed by atoms with van der Waals surface area (Å²) in [6.07, 6.45) is 3.69. The van der Waals surface area contributed by atoms with Crippen LogP contribution >= 0.6 is 11.6 Å². The Kier molecular flexibility index (Phi) is 6.11. The molecular formula is C19H21ClN2O5. The summed E-state index contributed by atoms with van der Waals surface area (Å²) in [7, 11) is 0. The van der Waals surface area contributed by atoms with Gasteiger partial charge in [0.25, 0.3) is 11.8 Å². The number of hydrogen-bond acceptors (Lipinski definition) is 5. The zero-order chi connectivity index (χ0) is 19.4. The van der Waals surface area contributed by atoms with E-state index >= 15 is 0 Å². The quantitative estimate of drug-likeness (QED) is 0.603. The molecule has 0 heterocycles. The highest BCUT2D eigenvalue weighted by molar-refractivity contribution is 6.30. The summed E-state index contributed by atoms with van der Waals surface area (Å²) < 4.78 is 5.07. The molecule has 2 aliphatic rings. The predicted octanol–water partition coefficient (Wildman–Crippen LogP) is 2.04. The molecule has 8 heteroatoms. The molecular weight excluding hydrogens is 372 g/mol. The Hall–Kier alpha value is -2.41. The van der Waals surface area contributed by atoms with Gasteiger partial charge >= 0.3 is 5.97 Å². The van der Waals surface area contributed by atoms with Gasteiger partial charge in [0.1, 0.15) is 5.78 Å². The number of nitrogens with one attached hydrogen (secondary N) is 2. The molecule has 2 N–H and O–H groups in total. The van der Waals surface area contributed by atoms with Crippen molar-refractivity contribution in [2.75, 3.05) is 6.61 Å². The Balaban J connectivity index is 1.41. The SMILES string of the molecule is O=C(COC(=O)C1C[C@H]2CCC[C@H](C1)C2=O)NNC(=O)c1ccc(Cl)cc1. The number of ketones is 1. The van der Waals surface area contributed by atoms with E-state index in [0.717, 1.165) is 19.3 Å². The summed E-state index contributed by atoms with van der Waals surface area (Å²) in [5.41, 5.74) is 4.77. The topological polar surface area (TPSA) is 102 Å². The van der Waals surface area contributed by atoms with Gasteiger partial charge in [0.15, 0.2) is 6.61 Å². The molecule has 3 rings (SSSR count). The largest absolute Gasteiger partial charge is 0.455 e. The van der Waals surface area contributed by atoms with Gasteiger partial charge in [0.05, 0.1) is 5.92 Å². The second kappa shape index (κ2) is 8.52. The number of fused-ring (bicyclic) bond motifs is 2. The predicted molar refractivity (Wildman–Crippen MR) is 96.6 cm³/mol. The molecule has 144 valence electrons. The van der Waals surface area contributed by atoms with Gasteiger partial charge in [0, 0.05) is 22.4 Å². The zero-order valence-electron chi connectivity index (χ0n) is 14.7. The van der Waals surface area contributed by atoms with Crippen LogP contribution in [0.4, 0.5) is 0 Å². The number of halogens is 1. The second-order valence-corrected chi connectivity index (χ2v) is 7.45. The molecule has 2 saturated carbocycles. The first-order valence-electron chi connectivity index (χ1n) is 8.99. The molecule has 27 heavy (non-hydrogen) atoms. The van der Waals surface area contributed by atoms with Crippen molar-refractivity contribution < 1.29 is 23.9 Å². The van der Waals surface area contributed by atoms with Crippen molar-refractivity contribution in [1.29, 1.82) is 0 Å². The van der Waals surface area contributed by atoms with E-state index in [2.05, 4.69) is 10.9 Å². The van der Waals surface area contributed by atoms with Gasteiger partial charge in [-0.15, -0.1) is 0 Å². The van der Waals surface area contributed by atoms with Gasteiger partial charge in [-0.1, -0.05) is 18.0 Å². The summed E-state index contributed by atoms with van der Waals surface area (Å²) in [4.78, 5) is 48.0. The van der Waals surface area contributed by atoms with Crippen molar-refractivity contribution >= 4 is 35.2 Å². The van der Waals surface area contributed by atoms with E-state index in [-0.39, 0.29) is 23.5 Å². The van der Waals surface area contributed by atoms with Gasteiger partial charge in [0.2, 0.25) is 0 Å². The number of rotatable bonds is 4. The number of ether oxygens (including phenoxy) is 1. The van der Waals surface area contributed by atoms with E-state index in [4.69, 9.17) is 16.3 Å². The molecule has 2 aliphatic carbocycles. The van der Waals surface area contributed by atoms with E-state index in [0.29, 0.717) is 23.4 Å². The number of hydrazine groups is 1. The molecule has 0 unspecified atom stereocenters. The Morgan fingerprint density at radius 2 is 1.67 bits per heavy atom. The second-order valence-electron chi connectivity index (χ2n) is 7.01. The molecule has 0 spiro atoms. The fourth-order valence-electron chi connectivity index (χ4n) is 3.76. The number of amides is 2. The number of esters is 1. The Bertz CT molecular complexity index is 733. The maximum atomic E-state index is 12.2. The van der Waals surface area contributed by atoms with E-state index < -0.39 is 24.4 Å². The van der Waals surface area contributed by atoms with Crippen molar-refractivity contribution in [2.24, 2.45) is 17.8 Å².